The van der Waals surface area contributed by atoms with Gasteiger partial charge in [-0.3, -0.25) is 9.59 Å². The summed E-state index contributed by atoms with van der Waals surface area (Å²) in [4.78, 5) is 32.9. The minimum Gasteiger partial charge on any atom is -0.338 e. The van der Waals surface area contributed by atoms with Gasteiger partial charge in [0, 0.05) is 27.9 Å². The number of rotatable bonds is 4. The first-order valence-corrected chi connectivity index (χ1v) is 10.1. The minimum absolute atomic E-state index is 0.108. The molecule has 0 atom stereocenters. The van der Waals surface area contributed by atoms with Crippen molar-refractivity contribution < 1.29 is 9.59 Å². The van der Waals surface area contributed by atoms with Gasteiger partial charge in [0.05, 0.1) is 11.0 Å². The van der Waals surface area contributed by atoms with Crippen LogP contribution in [-0.4, -0.2) is 21.8 Å². The number of nitrogens with zero attached hydrogens (tertiary/aromatic N) is 1. The van der Waals surface area contributed by atoms with Crippen LogP contribution in [0.2, 0.25) is 0 Å². The molecule has 31 heavy (non-hydrogen) atoms. The van der Waals surface area contributed by atoms with Crippen LogP contribution >= 0.6 is 0 Å². The van der Waals surface area contributed by atoms with Crippen molar-refractivity contribution in [1.29, 1.82) is 0 Å². The van der Waals surface area contributed by atoms with Crippen molar-refractivity contribution in [2.45, 2.75) is 20.8 Å². The number of fused-ring (bicyclic) bond motifs is 1. The van der Waals surface area contributed by atoms with Crippen LogP contribution < -0.4 is 10.6 Å². The van der Waals surface area contributed by atoms with Gasteiger partial charge in [0.15, 0.2) is 0 Å². The van der Waals surface area contributed by atoms with Crippen LogP contribution in [-0.2, 0) is 4.79 Å². The molecule has 0 aliphatic rings. The SMILES string of the molecule is CC(C)(C)C(=O)Nc1cccc(C(=O)Nc2cccc(-c3nc4ccccc4[nH]3)c2)c1. The van der Waals surface area contributed by atoms with Crippen molar-refractivity contribution in [2.75, 3.05) is 10.6 Å². The summed E-state index contributed by atoms with van der Waals surface area (Å²) in [5.41, 5.74) is 3.91. The van der Waals surface area contributed by atoms with E-state index in [0.29, 0.717) is 16.9 Å². The van der Waals surface area contributed by atoms with Gasteiger partial charge < -0.3 is 15.6 Å². The summed E-state index contributed by atoms with van der Waals surface area (Å²) >= 11 is 0. The number of nitrogens with one attached hydrogen (secondary N) is 3. The fourth-order valence-corrected chi connectivity index (χ4v) is 3.09. The lowest BCUT2D eigenvalue weighted by molar-refractivity contribution is -0.123. The largest absolute Gasteiger partial charge is 0.338 e. The Balaban J connectivity index is 1.52. The van der Waals surface area contributed by atoms with E-state index >= 15 is 0 Å². The lowest BCUT2D eigenvalue weighted by Gasteiger charge is -2.18. The molecule has 0 saturated heterocycles. The third-order valence-corrected chi connectivity index (χ3v) is 4.85. The standard InChI is InChI=1S/C25H24N4O2/c1-25(2,3)24(31)27-19-11-7-9-17(15-19)23(30)26-18-10-6-8-16(14-18)22-28-20-12-4-5-13-21(20)29-22/h4-15H,1-3H3,(H,26,30)(H,27,31)(H,28,29). The van der Waals surface area contributed by atoms with Crippen LogP contribution in [0.3, 0.4) is 0 Å². The Kier molecular flexibility index (Phi) is 5.29. The highest BCUT2D eigenvalue weighted by molar-refractivity contribution is 6.05. The number of amides is 2. The molecule has 0 spiro atoms. The van der Waals surface area contributed by atoms with Gasteiger partial charge >= 0.3 is 0 Å². The quantitative estimate of drug-likeness (QED) is 0.415. The molecule has 4 aromatic rings. The van der Waals surface area contributed by atoms with E-state index in [0.717, 1.165) is 22.4 Å². The number of aromatic nitrogens is 2. The first-order valence-electron chi connectivity index (χ1n) is 10.1. The molecule has 6 nitrogen and oxygen atoms in total. The minimum atomic E-state index is -0.518. The smallest absolute Gasteiger partial charge is 0.255 e. The molecule has 0 fully saturated rings. The molecular formula is C25H24N4O2. The molecule has 1 heterocycles. The molecule has 6 heteroatoms. The highest BCUT2D eigenvalue weighted by atomic mass is 16.2. The Hall–Kier alpha value is -3.93. The van der Waals surface area contributed by atoms with Crippen LogP contribution in [0.1, 0.15) is 31.1 Å². The first kappa shape index (κ1) is 20.3. The third-order valence-electron chi connectivity index (χ3n) is 4.85. The molecule has 0 bridgehead atoms. The van der Waals surface area contributed by atoms with Gasteiger partial charge in [-0.1, -0.05) is 51.1 Å². The van der Waals surface area contributed by atoms with Gasteiger partial charge in [0.25, 0.3) is 5.91 Å². The summed E-state index contributed by atoms with van der Waals surface area (Å²) < 4.78 is 0. The summed E-state index contributed by atoms with van der Waals surface area (Å²) in [6, 6.07) is 22.2. The number of imidazole rings is 1. The van der Waals surface area contributed by atoms with Crippen LogP contribution in [0.4, 0.5) is 11.4 Å². The van der Waals surface area contributed by atoms with E-state index < -0.39 is 5.41 Å². The number of aromatic amines is 1. The molecule has 156 valence electrons. The maximum Gasteiger partial charge on any atom is 0.255 e. The maximum absolute atomic E-state index is 12.8. The second kappa shape index (κ2) is 8.07. The lowest BCUT2D eigenvalue weighted by Crippen LogP contribution is -2.27. The van der Waals surface area contributed by atoms with Gasteiger partial charge in [-0.25, -0.2) is 4.98 Å². The van der Waals surface area contributed by atoms with Crippen molar-refractivity contribution in [3.8, 4) is 11.4 Å². The second-order valence-electron chi connectivity index (χ2n) is 8.42. The number of carbonyl (C=O) groups is 2. The number of hydrogen-bond acceptors (Lipinski definition) is 3. The number of H-pyrrole nitrogens is 1. The van der Waals surface area contributed by atoms with Crippen molar-refractivity contribution in [1.82, 2.24) is 9.97 Å². The van der Waals surface area contributed by atoms with Crippen molar-refractivity contribution in [2.24, 2.45) is 5.41 Å². The first-order chi connectivity index (χ1) is 14.8. The van der Waals surface area contributed by atoms with Crippen molar-refractivity contribution in [3.63, 3.8) is 0 Å². The van der Waals surface area contributed by atoms with Gasteiger partial charge in [-0.2, -0.15) is 0 Å². The Morgan fingerprint density at radius 2 is 1.55 bits per heavy atom. The lowest BCUT2D eigenvalue weighted by atomic mass is 9.95. The fourth-order valence-electron chi connectivity index (χ4n) is 3.09. The molecule has 0 radical (unpaired) electrons. The van der Waals surface area contributed by atoms with E-state index in [-0.39, 0.29) is 11.8 Å². The van der Waals surface area contributed by atoms with Crippen molar-refractivity contribution >= 4 is 34.2 Å². The molecule has 0 unspecified atom stereocenters. The summed E-state index contributed by atoms with van der Waals surface area (Å²) in [5, 5.41) is 5.77. The Labute approximate surface area is 180 Å². The molecule has 0 saturated carbocycles. The summed E-state index contributed by atoms with van der Waals surface area (Å²) in [7, 11) is 0. The van der Waals surface area contributed by atoms with Gasteiger partial charge in [-0.05, 0) is 42.5 Å². The zero-order valence-electron chi connectivity index (χ0n) is 17.7. The van der Waals surface area contributed by atoms with E-state index in [1.807, 2.05) is 69.3 Å². The van der Waals surface area contributed by atoms with E-state index in [4.69, 9.17) is 0 Å². The Morgan fingerprint density at radius 3 is 2.29 bits per heavy atom. The van der Waals surface area contributed by atoms with Crippen LogP contribution in [0.15, 0.2) is 72.8 Å². The summed E-state index contributed by atoms with van der Waals surface area (Å²) in [6.07, 6.45) is 0. The van der Waals surface area contributed by atoms with Crippen LogP contribution in [0, 0.1) is 5.41 Å². The molecule has 0 aliphatic heterocycles. The predicted octanol–water partition coefficient (Wildman–Crippen LogP) is 5.47. The molecule has 4 rings (SSSR count). The number of para-hydroxylation sites is 2. The summed E-state index contributed by atoms with van der Waals surface area (Å²) in [6.45, 7) is 5.52. The van der Waals surface area contributed by atoms with Gasteiger partial charge in [0.1, 0.15) is 5.82 Å². The Morgan fingerprint density at radius 1 is 0.839 bits per heavy atom. The molecule has 3 N–H and O–H groups in total. The maximum atomic E-state index is 12.8. The predicted molar refractivity (Wildman–Crippen MR) is 124 cm³/mol. The Bertz CT molecular complexity index is 1230. The number of anilines is 2. The van der Waals surface area contributed by atoms with E-state index in [1.54, 1.807) is 24.3 Å². The van der Waals surface area contributed by atoms with Crippen molar-refractivity contribution in [3.05, 3.63) is 78.4 Å². The molecule has 1 aromatic heterocycles. The zero-order valence-corrected chi connectivity index (χ0v) is 17.7. The van der Waals surface area contributed by atoms with Gasteiger partial charge in [0.2, 0.25) is 5.91 Å². The number of benzene rings is 3. The highest BCUT2D eigenvalue weighted by Crippen LogP contribution is 2.24. The number of hydrogen-bond donors (Lipinski definition) is 3. The van der Waals surface area contributed by atoms with E-state index in [9.17, 15) is 9.59 Å². The topological polar surface area (TPSA) is 86.9 Å². The fraction of sp³-hybridized carbons (Fsp3) is 0.160. The van der Waals surface area contributed by atoms with Gasteiger partial charge in [-0.15, -0.1) is 0 Å². The molecular weight excluding hydrogens is 388 g/mol. The monoisotopic (exact) mass is 412 g/mol. The summed E-state index contributed by atoms with van der Waals surface area (Å²) in [5.74, 6) is 0.376. The third kappa shape index (κ3) is 4.64. The van der Waals surface area contributed by atoms with Crippen LogP contribution in [0.25, 0.3) is 22.4 Å². The number of carbonyl (C=O) groups excluding carboxylic acids is 2. The highest BCUT2D eigenvalue weighted by Gasteiger charge is 2.21. The van der Waals surface area contributed by atoms with E-state index in [2.05, 4.69) is 20.6 Å². The second-order valence-corrected chi connectivity index (χ2v) is 8.42. The zero-order chi connectivity index (χ0) is 22.0. The molecule has 3 aromatic carbocycles. The average Bonchev–Trinajstić information content (AvgIpc) is 3.18. The normalized spacial score (nSPS) is 11.3. The molecule has 0 aliphatic carbocycles. The molecule has 2 amide bonds. The average molecular weight is 412 g/mol. The van der Waals surface area contributed by atoms with E-state index in [1.165, 1.54) is 0 Å². The van der Waals surface area contributed by atoms with Crippen LogP contribution in [0.5, 0.6) is 0 Å².